The standard InChI is InChI=1S/C27H26B2FNO4S/c28-27(29,12-13-30)31-15-21(16-31)34-19-7-9-20(10-8-19)35-25-22-11-6-18(32)14-23(22)36-26(25)24(33)17-4-2-1-3-5-17/h1-11,14,21,32H,12-13,15-16,28-29H2. The first-order valence-corrected chi connectivity index (χ1v) is 12.8. The Balaban J connectivity index is 1.33. The van der Waals surface area contributed by atoms with Crippen LogP contribution in [-0.2, 0) is 0 Å². The van der Waals surface area contributed by atoms with Gasteiger partial charge in [0, 0.05) is 28.7 Å². The number of thiophene rings is 1. The number of aromatic hydroxyl groups is 1. The van der Waals surface area contributed by atoms with Crippen LogP contribution in [0.5, 0.6) is 23.0 Å². The minimum absolute atomic E-state index is 0.0687. The van der Waals surface area contributed by atoms with Crippen LogP contribution in [0.15, 0.2) is 72.8 Å². The summed E-state index contributed by atoms with van der Waals surface area (Å²) in [5, 5.41) is 10.5. The van der Waals surface area contributed by atoms with E-state index in [1.165, 1.54) is 11.3 Å². The average Bonchev–Trinajstić information content (AvgIpc) is 3.19. The molecule has 3 aromatic carbocycles. The molecule has 4 aromatic rings. The number of ketones is 1. The van der Waals surface area contributed by atoms with Crippen LogP contribution >= 0.6 is 11.3 Å². The van der Waals surface area contributed by atoms with Gasteiger partial charge in [-0.2, -0.15) is 0 Å². The molecule has 0 saturated carbocycles. The third-order valence-corrected chi connectivity index (χ3v) is 7.76. The van der Waals surface area contributed by atoms with E-state index in [1.807, 2.05) is 42.5 Å². The number of phenolic OH excluding ortho intramolecular Hbond substituents is 1. The number of hydrogen-bond donors (Lipinski definition) is 1. The van der Waals surface area contributed by atoms with Gasteiger partial charge in [-0.25, -0.2) is 0 Å². The molecule has 0 bridgehead atoms. The van der Waals surface area contributed by atoms with Gasteiger partial charge >= 0.3 is 0 Å². The fourth-order valence-corrected chi connectivity index (χ4v) is 5.45. The maximum absolute atomic E-state index is 13.3. The van der Waals surface area contributed by atoms with Gasteiger partial charge in [-0.3, -0.25) is 9.18 Å². The number of rotatable bonds is 9. The van der Waals surface area contributed by atoms with Gasteiger partial charge in [0.15, 0.2) is 5.75 Å². The molecule has 5 rings (SSSR count). The van der Waals surface area contributed by atoms with Gasteiger partial charge in [-0.15, -0.1) is 11.3 Å². The fourth-order valence-electron chi connectivity index (χ4n) is 4.33. The van der Waals surface area contributed by atoms with Gasteiger partial charge in [0.1, 0.15) is 43.9 Å². The first-order valence-electron chi connectivity index (χ1n) is 11.9. The molecule has 1 aliphatic rings. The van der Waals surface area contributed by atoms with E-state index in [0.717, 1.165) is 28.9 Å². The molecule has 1 aliphatic heterocycles. The smallest absolute Gasteiger partial charge is 0.206 e. The van der Waals surface area contributed by atoms with E-state index in [2.05, 4.69) is 20.6 Å². The molecule has 36 heavy (non-hydrogen) atoms. The lowest BCUT2D eigenvalue weighted by Gasteiger charge is -2.49. The van der Waals surface area contributed by atoms with E-state index in [0.29, 0.717) is 28.4 Å². The summed E-state index contributed by atoms with van der Waals surface area (Å²) in [7, 11) is 4.11. The largest absolute Gasteiger partial charge is 0.508 e. The Hall–Kier alpha value is -3.29. The molecule has 5 nitrogen and oxygen atoms in total. The molecular formula is C27H26B2FNO4S. The van der Waals surface area contributed by atoms with E-state index < -0.39 is 0 Å². The van der Waals surface area contributed by atoms with Crippen LogP contribution < -0.4 is 9.47 Å². The zero-order valence-corrected chi connectivity index (χ0v) is 21.1. The molecule has 1 N–H and O–H groups in total. The minimum atomic E-state index is -0.324. The van der Waals surface area contributed by atoms with Crippen molar-refractivity contribution in [2.75, 3.05) is 19.8 Å². The first kappa shape index (κ1) is 24.4. The summed E-state index contributed by atoms with van der Waals surface area (Å²) in [4.78, 5) is 16.0. The predicted molar refractivity (Wildman–Crippen MR) is 146 cm³/mol. The second-order valence-corrected chi connectivity index (χ2v) is 10.7. The summed E-state index contributed by atoms with van der Waals surface area (Å²) in [6.45, 7) is 1.21. The number of fused-ring (bicyclic) bond motifs is 1. The number of ether oxygens (including phenoxy) is 2. The van der Waals surface area contributed by atoms with Crippen molar-refractivity contribution < 1.29 is 23.8 Å². The maximum Gasteiger partial charge on any atom is 0.206 e. The second kappa shape index (κ2) is 9.99. The van der Waals surface area contributed by atoms with E-state index in [9.17, 15) is 14.3 Å². The Morgan fingerprint density at radius 2 is 1.75 bits per heavy atom. The van der Waals surface area contributed by atoms with Crippen LogP contribution in [-0.4, -0.2) is 62.7 Å². The summed E-state index contributed by atoms with van der Waals surface area (Å²) in [6.07, 6.45) is 0.580. The molecule has 0 radical (unpaired) electrons. The number of benzene rings is 3. The second-order valence-electron chi connectivity index (χ2n) is 9.61. The van der Waals surface area contributed by atoms with Gasteiger partial charge < -0.3 is 19.5 Å². The van der Waals surface area contributed by atoms with Crippen molar-refractivity contribution in [3.8, 4) is 23.0 Å². The molecule has 0 amide bonds. The van der Waals surface area contributed by atoms with Crippen LogP contribution in [0, 0.1) is 0 Å². The zero-order chi connectivity index (χ0) is 25.3. The number of carbonyl (C=O) groups excluding carboxylic acids is 1. The lowest BCUT2D eigenvalue weighted by Crippen LogP contribution is -2.64. The van der Waals surface area contributed by atoms with Crippen LogP contribution in [0.4, 0.5) is 4.39 Å². The highest BCUT2D eigenvalue weighted by Crippen LogP contribution is 2.43. The van der Waals surface area contributed by atoms with Gasteiger partial charge in [0.2, 0.25) is 5.78 Å². The van der Waals surface area contributed by atoms with Crippen LogP contribution in [0.3, 0.4) is 0 Å². The SMILES string of the molecule is BC(B)(CCF)N1CC(Oc2ccc(Oc3c(C(=O)c4ccccc4)sc4cc(O)ccc34)cc2)C1. The maximum atomic E-state index is 13.3. The topological polar surface area (TPSA) is 59.0 Å². The fraction of sp³-hybridized carbons (Fsp3) is 0.222. The van der Waals surface area contributed by atoms with Crippen molar-refractivity contribution in [2.24, 2.45) is 0 Å². The molecular weight excluding hydrogens is 475 g/mol. The highest BCUT2D eigenvalue weighted by atomic mass is 32.1. The Morgan fingerprint density at radius 3 is 2.44 bits per heavy atom. The molecule has 2 heterocycles. The molecule has 1 fully saturated rings. The number of halogens is 1. The molecule has 182 valence electrons. The number of phenols is 1. The Morgan fingerprint density at radius 1 is 1.06 bits per heavy atom. The number of carbonyl (C=O) groups is 1. The summed E-state index contributed by atoms with van der Waals surface area (Å²) < 4.78 is 25.9. The minimum Gasteiger partial charge on any atom is -0.508 e. The summed E-state index contributed by atoms with van der Waals surface area (Å²) in [5.74, 6) is 1.80. The van der Waals surface area contributed by atoms with Crippen molar-refractivity contribution in [3.05, 3.63) is 83.2 Å². The molecule has 1 aromatic heterocycles. The lowest BCUT2D eigenvalue weighted by molar-refractivity contribution is -0.00398. The normalized spacial score (nSPS) is 14.5. The monoisotopic (exact) mass is 501 g/mol. The highest BCUT2D eigenvalue weighted by Gasteiger charge is 2.38. The molecule has 0 atom stereocenters. The Bertz CT molecular complexity index is 1370. The van der Waals surface area contributed by atoms with Gasteiger partial charge in [0.05, 0.1) is 6.67 Å². The van der Waals surface area contributed by atoms with Crippen LogP contribution in [0.25, 0.3) is 10.1 Å². The van der Waals surface area contributed by atoms with Crippen molar-refractivity contribution >= 4 is 42.9 Å². The highest BCUT2D eigenvalue weighted by molar-refractivity contribution is 7.21. The van der Waals surface area contributed by atoms with E-state index >= 15 is 0 Å². The van der Waals surface area contributed by atoms with E-state index in [-0.39, 0.29) is 29.6 Å². The molecule has 9 heteroatoms. The molecule has 0 aliphatic carbocycles. The quantitative estimate of drug-likeness (QED) is 0.278. The number of hydrogen-bond acceptors (Lipinski definition) is 6. The van der Waals surface area contributed by atoms with E-state index in [1.54, 1.807) is 30.3 Å². The number of nitrogens with zero attached hydrogens (tertiary/aromatic N) is 1. The average molecular weight is 501 g/mol. The lowest BCUT2D eigenvalue weighted by atomic mass is 9.58. The van der Waals surface area contributed by atoms with Crippen LogP contribution in [0.1, 0.15) is 21.7 Å². The Kier molecular flexibility index (Phi) is 6.77. The summed E-state index contributed by atoms with van der Waals surface area (Å²) >= 11 is 1.30. The summed E-state index contributed by atoms with van der Waals surface area (Å²) in [5.41, 5.74) is 0.575. The van der Waals surface area contributed by atoms with Crippen molar-refractivity contribution in [1.29, 1.82) is 0 Å². The number of likely N-dealkylation sites (tertiary alicyclic amines) is 1. The third-order valence-electron chi connectivity index (χ3n) is 6.63. The third kappa shape index (κ3) is 4.99. The first-order chi connectivity index (χ1) is 17.3. The molecule has 0 unspecified atom stereocenters. The summed E-state index contributed by atoms with van der Waals surface area (Å²) in [6, 6.07) is 21.4. The van der Waals surface area contributed by atoms with Gasteiger partial charge in [0.25, 0.3) is 0 Å². The van der Waals surface area contributed by atoms with Gasteiger partial charge in [-0.05, 0) is 54.2 Å². The zero-order valence-electron chi connectivity index (χ0n) is 20.2. The predicted octanol–water partition coefficient (Wildman–Crippen LogP) is 3.97. The van der Waals surface area contributed by atoms with Gasteiger partial charge in [-0.1, -0.05) is 30.3 Å². The van der Waals surface area contributed by atoms with E-state index in [4.69, 9.17) is 9.47 Å². The number of alkyl halides is 1. The Labute approximate surface area is 215 Å². The van der Waals surface area contributed by atoms with Crippen molar-refractivity contribution in [3.63, 3.8) is 0 Å². The molecule has 1 saturated heterocycles. The molecule has 0 spiro atoms. The van der Waals surface area contributed by atoms with Crippen LogP contribution in [0.2, 0.25) is 0 Å². The van der Waals surface area contributed by atoms with Crippen molar-refractivity contribution in [2.45, 2.75) is 17.9 Å². The van der Waals surface area contributed by atoms with Crippen molar-refractivity contribution in [1.82, 2.24) is 4.90 Å².